The van der Waals surface area contributed by atoms with E-state index in [4.69, 9.17) is 0 Å². The first-order valence-corrected chi connectivity index (χ1v) is 15.5. The van der Waals surface area contributed by atoms with Crippen molar-refractivity contribution in [3.05, 3.63) is 53.1 Å². The highest BCUT2D eigenvalue weighted by Gasteiger charge is 2.27. The second-order valence-electron chi connectivity index (χ2n) is 11.7. The van der Waals surface area contributed by atoms with Crippen LogP contribution in [0.1, 0.15) is 141 Å². The molecule has 2 aliphatic carbocycles. The second-order valence-corrected chi connectivity index (χ2v) is 11.7. The van der Waals surface area contributed by atoms with Crippen molar-refractivity contribution in [3.63, 3.8) is 0 Å². The first-order chi connectivity index (χ1) is 17.6. The Labute approximate surface area is 221 Å². The quantitative estimate of drug-likeness (QED) is 0.199. The van der Waals surface area contributed by atoms with Gasteiger partial charge in [-0.15, -0.1) is 0 Å². The van der Waals surface area contributed by atoms with E-state index in [2.05, 4.69) is 32.1 Å². The molecule has 202 valence electrons. The van der Waals surface area contributed by atoms with Gasteiger partial charge in [0.2, 0.25) is 0 Å². The third kappa shape index (κ3) is 9.14. The summed E-state index contributed by atoms with van der Waals surface area (Å²) in [5.74, 6) is 0.942. The summed E-state index contributed by atoms with van der Waals surface area (Å²) in [6, 6.07) is 3.62. The van der Waals surface area contributed by atoms with Crippen molar-refractivity contribution < 1.29 is 8.78 Å². The first kappa shape index (κ1) is 29.1. The Hall–Kier alpha value is -1.44. The van der Waals surface area contributed by atoms with Crippen molar-refractivity contribution >= 4 is 5.57 Å². The molecule has 2 heteroatoms. The largest absolute Gasteiger partial charge is 0.203 e. The smallest absolute Gasteiger partial charge is 0.166 e. The number of hydrogen-bond acceptors (Lipinski definition) is 0. The van der Waals surface area contributed by atoms with Gasteiger partial charge in [-0.05, 0) is 61.0 Å². The summed E-state index contributed by atoms with van der Waals surface area (Å²) in [5.41, 5.74) is 1.82. The molecule has 1 aromatic carbocycles. The van der Waals surface area contributed by atoms with E-state index in [1.54, 1.807) is 6.07 Å². The molecule has 1 atom stereocenters. The molecule has 36 heavy (non-hydrogen) atoms. The third-order valence-corrected chi connectivity index (χ3v) is 8.87. The van der Waals surface area contributed by atoms with E-state index >= 15 is 0 Å². The molecule has 0 heterocycles. The standard InChI is InChI=1S/C34H52F2/c1-3-5-7-9-10-11-12-14-16-31-25-26-32(34(36)33(31)35)30-23-21-29(22-24-30)28-19-17-27(18-20-28)15-13-8-6-4-2/h21,23-29H,3-20,22H2,1-2H3/t27-,28-,29?. The molecule has 0 N–H and O–H groups in total. The minimum absolute atomic E-state index is 0.428. The minimum atomic E-state index is -0.662. The number of aryl methyl sites for hydroxylation is 1. The average Bonchev–Trinajstić information content (AvgIpc) is 2.91. The molecular weight excluding hydrogens is 446 g/mol. The van der Waals surface area contributed by atoms with Crippen molar-refractivity contribution in [3.8, 4) is 0 Å². The van der Waals surface area contributed by atoms with Crippen LogP contribution in [0.4, 0.5) is 8.78 Å². The molecule has 0 bridgehead atoms. The van der Waals surface area contributed by atoms with Gasteiger partial charge in [0.05, 0.1) is 0 Å². The fourth-order valence-corrected chi connectivity index (χ4v) is 6.41. The molecule has 2 aliphatic rings. The van der Waals surface area contributed by atoms with E-state index in [0.29, 0.717) is 23.5 Å². The Morgan fingerprint density at radius 2 is 1.36 bits per heavy atom. The topological polar surface area (TPSA) is 0 Å². The Kier molecular flexibility index (Phi) is 13.3. The molecule has 0 radical (unpaired) electrons. The third-order valence-electron chi connectivity index (χ3n) is 8.87. The van der Waals surface area contributed by atoms with Crippen molar-refractivity contribution in [1.29, 1.82) is 0 Å². The lowest BCUT2D eigenvalue weighted by Crippen LogP contribution is -2.21. The Morgan fingerprint density at radius 3 is 2.00 bits per heavy atom. The molecule has 0 nitrogen and oxygen atoms in total. The summed E-state index contributed by atoms with van der Waals surface area (Å²) in [5, 5.41) is 0. The maximum absolute atomic E-state index is 15.0. The van der Waals surface area contributed by atoms with Crippen LogP contribution in [-0.4, -0.2) is 0 Å². The molecule has 0 spiro atoms. The SMILES string of the molecule is CCCCCCCCCCc1ccc(C2=CCC([C@H]3CC[C@H](CCCCCC)CC3)C=C2)c(F)c1F. The van der Waals surface area contributed by atoms with Gasteiger partial charge in [0, 0.05) is 5.56 Å². The van der Waals surface area contributed by atoms with Crippen LogP contribution in [0.5, 0.6) is 0 Å². The van der Waals surface area contributed by atoms with E-state index < -0.39 is 11.6 Å². The monoisotopic (exact) mass is 498 g/mol. The Morgan fingerprint density at radius 1 is 0.722 bits per heavy atom. The van der Waals surface area contributed by atoms with E-state index in [9.17, 15) is 8.78 Å². The summed E-state index contributed by atoms with van der Waals surface area (Å²) in [6.07, 6.45) is 30.1. The highest BCUT2D eigenvalue weighted by atomic mass is 19.2. The van der Waals surface area contributed by atoms with Gasteiger partial charge >= 0.3 is 0 Å². The molecule has 1 saturated carbocycles. The molecule has 0 aliphatic heterocycles. The van der Waals surface area contributed by atoms with Crippen LogP contribution in [0.25, 0.3) is 5.57 Å². The van der Waals surface area contributed by atoms with Crippen LogP contribution < -0.4 is 0 Å². The Bertz CT molecular complexity index is 813. The van der Waals surface area contributed by atoms with Crippen LogP contribution in [0.15, 0.2) is 30.4 Å². The summed E-state index contributed by atoms with van der Waals surface area (Å²) < 4.78 is 29.8. The molecule has 1 unspecified atom stereocenters. The van der Waals surface area contributed by atoms with Crippen molar-refractivity contribution in [2.45, 2.75) is 136 Å². The summed E-state index contributed by atoms with van der Waals surface area (Å²) >= 11 is 0. The highest BCUT2D eigenvalue weighted by molar-refractivity contribution is 5.75. The van der Waals surface area contributed by atoms with Gasteiger partial charge in [-0.25, -0.2) is 8.78 Å². The van der Waals surface area contributed by atoms with Crippen molar-refractivity contribution in [2.24, 2.45) is 17.8 Å². The van der Waals surface area contributed by atoms with Crippen LogP contribution >= 0.6 is 0 Å². The minimum Gasteiger partial charge on any atom is -0.203 e. The number of unbranched alkanes of at least 4 members (excludes halogenated alkanes) is 10. The van der Waals surface area contributed by atoms with Gasteiger partial charge in [0.15, 0.2) is 11.6 Å². The summed E-state index contributed by atoms with van der Waals surface area (Å²) in [6.45, 7) is 4.51. The second kappa shape index (κ2) is 16.4. The van der Waals surface area contributed by atoms with Crippen LogP contribution in [0.2, 0.25) is 0 Å². The van der Waals surface area contributed by atoms with E-state index in [-0.39, 0.29) is 0 Å². The number of halogens is 2. The summed E-state index contributed by atoms with van der Waals surface area (Å²) in [7, 11) is 0. The average molecular weight is 499 g/mol. The van der Waals surface area contributed by atoms with Gasteiger partial charge < -0.3 is 0 Å². The van der Waals surface area contributed by atoms with Crippen LogP contribution in [0.3, 0.4) is 0 Å². The maximum Gasteiger partial charge on any atom is 0.166 e. The zero-order valence-corrected chi connectivity index (χ0v) is 23.3. The van der Waals surface area contributed by atoms with E-state index in [1.165, 1.54) is 96.3 Å². The molecule has 0 aromatic heterocycles. The van der Waals surface area contributed by atoms with E-state index in [0.717, 1.165) is 36.7 Å². The lowest BCUT2D eigenvalue weighted by Gasteiger charge is -2.33. The molecule has 1 fully saturated rings. The van der Waals surface area contributed by atoms with Crippen LogP contribution in [-0.2, 0) is 6.42 Å². The van der Waals surface area contributed by atoms with Crippen molar-refractivity contribution in [2.75, 3.05) is 0 Å². The zero-order chi connectivity index (χ0) is 25.6. The fraction of sp³-hybridized carbons (Fsp3) is 0.706. The summed E-state index contributed by atoms with van der Waals surface area (Å²) in [4.78, 5) is 0. The Balaban J connectivity index is 1.42. The molecule has 1 aromatic rings. The van der Waals surface area contributed by atoms with Crippen LogP contribution in [0, 0.1) is 29.4 Å². The normalized spacial score (nSPS) is 22.1. The lowest BCUT2D eigenvalue weighted by molar-refractivity contribution is 0.218. The van der Waals surface area contributed by atoms with Gasteiger partial charge in [0.25, 0.3) is 0 Å². The fourth-order valence-electron chi connectivity index (χ4n) is 6.41. The van der Waals surface area contributed by atoms with Crippen molar-refractivity contribution in [1.82, 2.24) is 0 Å². The maximum atomic E-state index is 15.0. The molecule has 0 amide bonds. The number of allylic oxidation sites excluding steroid dienone is 4. The van der Waals surface area contributed by atoms with Gasteiger partial charge in [-0.1, -0.05) is 134 Å². The van der Waals surface area contributed by atoms with E-state index in [1.807, 2.05) is 6.07 Å². The molecule has 0 saturated heterocycles. The first-order valence-electron chi connectivity index (χ1n) is 15.5. The highest BCUT2D eigenvalue weighted by Crippen LogP contribution is 2.40. The zero-order valence-electron chi connectivity index (χ0n) is 23.3. The number of hydrogen-bond donors (Lipinski definition) is 0. The molecular formula is C34H52F2. The lowest BCUT2D eigenvalue weighted by atomic mass is 9.72. The number of benzene rings is 1. The molecule has 3 rings (SSSR count). The number of rotatable bonds is 16. The van der Waals surface area contributed by atoms with Gasteiger partial charge in [0.1, 0.15) is 0 Å². The predicted octanol–water partition coefficient (Wildman–Crippen LogP) is 11.4. The van der Waals surface area contributed by atoms with Gasteiger partial charge in [-0.2, -0.15) is 0 Å². The van der Waals surface area contributed by atoms with Gasteiger partial charge in [-0.3, -0.25) is 0 Å². The predicted molar refractivity (Wildman–Crippen MR) is 152 cm³/mol.